The number of rotatable bonds is 2. The summed E-state index contributed by atoms with van der Waals surface area (Å²) in [5.74, 6) is 3.03. The van der Waals surface area contributed by atoms with E-state index < -0.39 is 0 Å². The molecule has 5 aromatic carbocycles. The number of thiophene rings is 2. The van der Waals surface area contributed by atoms with Gasteiger partial charge in [0.25, 0.3) is 0 Å². The van der Waals surface area contributed by atoms with Gasteiger partial charge in [-0.2, -0.15) is 0 Å². The van der Waals surface area contributed by atoms with Crippen molar-refractivity contribution < 1.29 is 0 Å². The van der Waals surface area contributed by atoms with Crippen LogP contribution >= 0.6 is 22.7 Å². The second-order valence-corrected chi connectivity index (χ2v) is 16.7. The van der Waals surface area contributed by atoms with Crippen LogP contribution in [-0.4, -0.2) is 26.2 Å². The highest BCUT2D eigenvalue weighted by Gasteiger charge is 2.23. The highest BCUT2D eigenvalue weighted by molar-refractivity contribution is 7.27. The van der Waals surface area contributed by atoms with Gasteiger partial charge < -0.3 is 9.80 Å². The van der Waals surface area contributed by atoms with Gasteiger partial charge in [0.05, 0.1) is 0 Å². The van der Waals surface area contributed by atoms with E-state index in [4.69, 9.17) is 0 Å². The van der Waals surface area contributed by atoms with Crippen molar-refractivity contribution in [2.45, 2.75) is 40.5 Å². The van der Waals surface area contributed by atoms with E-state index in [0.717, 1.165) is 23.7 Å². The Morgan fingerprint density at radius 3 is 1.20 bits per heavy atom. The molecule has 222 valence electrons. The molecule has 4 unspecified atom stereocenters. The predicted octanol–water partition coefficient (Wildman–Crippen LogP) is 11.7. The fourth-order valence-corrected chi connectivity index (χ4v) is 11.0. The maximum Gasteiger partial charge on any atom is 0.0372 e. The molecule has 2 aromatic heterocycles. The largest absolute Gasteiger partial charge is 0.371 e. The summed E-state index contributed by atoms with van der Waals surface area (Å²) >= 11 is 3.91. The standard InChI is InChI=1S/C40H40N2S2/c1-23-9-24(2)20-41(19-23)31-7-5-27-13-33-35-17-40-36(18-39(35)43-37(33)15-29(27)11-31)34-14-28-6-8-32(12-30(28)16-38(34)44-40)42-21-25(3)10-26(4)22-42/h5-8,11-18,23-26H,9-10,19-22H2,1-4H3. The topological polar surface area (TPSA) is 6.48 Å². The zero-order valence-electron chi connectivity index (χ0n) is 26.2. The summed E-state index contributed by atoms with van der Waals surface area (Å²) in [6.07, 6.45) is 2.68. The molecular formula is C40H40N2S2. The molecule has 0 amide bonds. The first kappa shape index (κ1) is 27.0. The number of nitrogens with zero attached hydrogens (tertiary/aromatic N) is 2. The summed E-state index contributed by atoms with van der Waals surface area (Å²) in [6, 6.07) is 28.9. The molecular weight excluding hydrogens is 573 g/mol. The van der Waals surface area contributed by atoms with Gasteiger partial charge in [-0.25, -0.2) is 0 Å². The van der Waals surface area contributed by atoms with E-state index in [1.54, 1.807) is 0 Å². The van der Waals surface area contributed by atoms with E-state index in [2.05, 4.69) is 110 Å². The molecule has 7 aromatic rings. The number of piperidine rings is 2. The monoisotopic (exact) mass is 612 g/mol. The van der Waals surface area contributed by atoms with Crippen LogP contribution in [0.2, 0.25) is 0 Å². The second kappa shape index (κ2) is 10.1. The summed E-state index contributed by atoms with van der Waals surface area (Å²) in [6.45, 7) is 14.3. The Bertz CT molecular complexity index is 2060. The van der Waals surface area contributed by atoms with Gasteiger partial charge in [0.1, 0.15) is 0 Å². The molecule has 9 rings (SSSR count). The number of hydrogen-bond acceptors (Lipinski definition) is 4. The minimum absolute atomic E-state index is 0.757. The van der Waals surface area contributed by atoms with Gasteiger partial charge in [0.15, 0.2) is 0 Å². The molecule has 0 spiro atoms. The lowest BCUT2D eigenvalue weighted by Gasteiger charge is -2.36. The Balaban J connectivity index is 1.12. The van der Waals surface area contributed by atoms with Crippen molar-refractivity contribution in [2.75, 3.05) is 36.0 Å². The predicted molar refractivity (Wildman–Crippen MR) is 198 cm³/mol. The highest BCUT2D eigenvalue weighted by Crippen LogP contribution is 2.44. The van der Waals surface area contributed by atoms with Crippen LogP contribution in [0.1, 0.15) is 40.5 Å². The van der Waals surface area contributed by atoms with Crippen LogP contribution in [0, 0.1) is 23.7 Å². The molecule has 4 heterocycles. The van der Waals surface area contributed by atoms with Gasteiger partial charge in [-0.15, -0.1) is 22.7 Å². The Morgan fingerprint density at radius 2 is 0.795 bits per heavy atom. The quantitative estimate of drug-likeness (QED) is 0.192. The average Bonchev–Trinajstić information content (AvgIpc) is 3.51. The first-order valence-corrected chi connectivity index (χ1v) is 18.2. The van der Waals surface area contributed by atoms with Crippen molar-refractivity contribution in [3.63, 3.8) is 0 Å². The normalized spacial score (nSPS) is 23.3. The molecule has 0 saturated carbocycles. The Kier molecular flexibility index (Phi) is 6.19. The minimum atomic E-state index is 0.757. The Hall–Kier alpha value is -3.34. The molecule has 4 atom stereocenters. The third kappa shape index (κ3) is 4.48. The molecule has 2 saturated heterocycles. The van der Waals surface area contributed by atoms with Gasteiger partial charge in [0, 0.05) is 77.9 Å². The fourth-order valence-electron chi connectivity index (χ4n) is 8.65. The first-order chi connectivity index (χ1) is 21.3. The van der Waals surface area contributed by atoms with Crippen LogP contribution in [0.3, 0.4) is 0 Å². The second-order valence-electron chi connectivity index (χ2n) is 14.5. The first-order valence-electron chi connectivity index (χ1n) is 16.5. The van der Waals surface area contributed by atoms with E-state index in [-0.39, 0.29) is 0 Å². The maximum absolute atomic E-state index is 2.60. The molecule has 44 heavy (non-hydrogen) atoms. The molecule has 2 fully saturated rings. The van der Waals surface area contributed by atoms with Crippen LogP contribution < -0.4 is 9.80 Å². The Labute approximate surface area is 267 Å². The molecule has 2 nitrogen and oxygen atoms in total. The average molecular weight is 613 g/mol. The number of hydrogen-bond donors (Lipinski definition) is 0. The van der Waals surface area contributed by atoms with E-state index >= 15 is 0 Å². The van der Waals surface area contributed by atoms with Crippen LogP contribution in [0.15, 0.2) is 72.8 Å². The van der Waals surface area contributed by atoms with Crippen LogP contribution in [0.4, 0.5) is 11.4 Å². The molecule has 2 aliphatic rings. The number of fused-ring (bicyclic) bond motifs is 8. The fraction of sp³-hybridized carbons (Fsp3) is 0.350. The summed E-state index contributed by atoms with van der Waals surface area (Å²) in [4.78, 5) is 5.21. The summed E-state index contributed by atoms with van der Waals surface area (Å²) in [7, 11) is 0. The van der Waals surface area contributed by atoms with Gasteiger partial charge >= 0.3 is 0 Å². The van der Waals surface area contributed by atoms with Crippen molar-refractivity contribution in [2.24, 2.45) is 23.7 Å². The van der Waals surface area contributed by atoms with E-state index in [1.165, 1.54) is 112 Å². The third-order valence-corrected chi connectivity index (χ3v) is 12.6. The zero-order valence-corrected chi connectivity index (χ0v) is 27.8. The smallest absolute Gasteiger partial charge is 0.0372 e. The van der Waals surface area contributed by atoms with E-state index in [1.807, 2.05) is 22.7 Å². The van der Waals surface area contributed by atoms with Gasteiger partial charge in [-0.1, -0.05) is 39.8 Å². The lowest BCUT2D eigenvalue weighted by molar-refractivity contribution is 0.357. The molecule has 0 radical (unpaired) electrons. The summed E-state index contributed by atoms with van der Waals surface area (Å²) in [5, 5.41) is 11.0. The SMILES string of the molecule is CC1CC(C)CN(c2ccc3cc4c(cc3c2)sc2cc3c(cc24)sc2cc4cc(N5CC(C)CC(C)C5)ccc4cc23)C1. The van der Waals surface area contributed by atoms with Crippen LogP contribution in [-0.2, 0) is 0 Å². The maximum atomic E-state index is 2.60. The van der Waals surface area contributed by atoms with E-state index in [0.29, 0.717) is 0 Å². The van der Waals surface area contributed by atoms with Gasteiger partial charge in [-0.05, 0) is 119 Å². The van der Waals surface area contributed by atoms with Crippen molar-refractivity contribution in [1.29, 1.82) is 0 Å². The minimum Gasteiger partial charge on any atom is -0.371 e. The van der Waals surface area contributed by atoms with Crippen molar-refractivity contribution >= 4 is 95.9 Å². The third-order valence-electron chi connectivity index (χ3n) is 10.4. The van der Waals surface area contributed by atoms with Gasteiger partial charge in [0.2, 0.25) is 0 Å². The zero-order chi connectivity index (χ0) is 29.7. The summed E-state index contributed by atoms with van der Waals surface area (Å²) < 4.78 is 5.58. The van der Waals surface area contributed by atoms with Gasteiger partial charge in [-0.3, -0.25) is 0 Å². The summed E-state index contributed by atoms with van der Waals surface area (Å²) in [5.41, 5.74) is 2.76. The molecule has 0 bridgehead atoms. The molecule has 4 heteroatoms. The lowest BCUT2D eigenvalue weighted by atomic mass is 9.91. The number of benzene rings is 5. The molecule has 0 N–H and O–H groups in total. The lowest BCUT2D eigenvalue weighted by Crippen LogP contribution is -2.38. The van der Waals surface area contributed by atoms with Crippen molar-refractivity contribution in [3.8, 4) is 0 Å². The van der Waals surface area contributed by atoms with Crippen molar-refractivity contribution in [3.05, 3.63) is 72.8 Å². The van der Waals surface area contributed by atoms with Crippen LogP contribution in [0.5, 0.6) is 0 Å². The Morgan fingerprint density at radius 1 is 0.432 bits per heavy atom. The van der Waals surface area contributed by atoms with E-state index in [9.17, 15) is 0 Å². The highest BCUT2D eigenvalue weighted by atomic mass is 32.1. The van der Waals surface area contributed by atoms with Crippen molar-refractivity contribution in [1.82, 2.24) is 0 Å². The van der Waals surface area contributed by atoms with Crippen LogP contribution in [0.25, 0.3) is 61.9 Å². The number of anilines is 2. The molecule has 0 aliphatic carbocycles. The molecule has 2 aliphatic heterocycles.